The fourth-order valence-corrected chi connectivity index (χ4v) is 3.66. The van der Waals surface area contributed by atoms with Crippen LogP contribution in [0.4, 0.5) is 0 Å². The van der Waals surface area contributed by atoms with Gasteiger partial charge in [-0.2, -0.15) is 0 Å². The smallest absolute Gasteiger partial charge is 0.224 e. The van der Waals surface area contributed by atoms with Crippen LogP contribution in [0.1, 0.15) is 37.3 Å². The van der Waals surface area contributed by atoms with Crippen LogP contribution in [0.5, 0.6) is 5.75 Å². The summed E-state index contributed by atoms with van der Waals surface area (Å²) < 4.78 is 5.59. The highest BCUT2D eigenvalue weighted by Crippen LogP contribution is 2.65. The molecule has 100 valence electrons. The molecule has 1 spiro atoms. The Balaban J connectivity index is 1.47. The molecule has 2 atom stereocenters. The first-order chi connectivity index (χ1) is 9.18. The summed E-state index contributed by atoms with van der Waals surface area (Å²) in [6, 6.07) is 5.53. The number of carbonyl (C=O) groups excluding carboxylic acids is 1. The van der Waals surface area contributed by atoms with E-state index in [0.29, 0.717) is 17.0 Å². The summed E-state index contributed by atoms with van der Waals surface area (Å²) in [6.45, 7) is 0.515. The molecule has 3 nitrogen and oxygen atoms in total. The Kier molecular flexibility index (Phi) is 2.37. The molecule has 0 saturated heterocycles. The predicted octanol–water partition coefficient (Wildman–Crippen LogP) is 3.08. The highest BCUT2D eigenvalue weighted by atomic mass is 35.5. The second-order valence-electron chi connectivity index (χ2n) is 6.03. The lowest BCUT2D eigenvalue weighted by atomic mass is 9.79. The summed E-state index contributed by atoms with van der Waals surface area (Å²) in [6.07, 6.45) is 4.83. The zero-order valence-corrected chi connectivity index (χ0v) is 11.4. The van der Waals surface area contributed by atoms with Crippen molar-refractivity contribution in [2.45, 2.75) is 31.7 Å². The molecule has 2 saturated carbocycles. The Morgan fingerprint density at radius 1 is 1.42 bits per heavy atom. The van der Waals surface area contributed by atoms with Crippen molar-refractivity contribution in [2.24, 2.45) is 11.3 Å². The average Bonchev–Trinajstić information content (AvgIpc) is 3.02. The first kappa shape index (κ1) is 11.6. The number of nitrogens with one attached hydrogen (secondary N) is 1. The number of amides is 1. The molecule has 4 rings (SSSR count). The van der Waals surface area contributed by atoms with Crippen molar-refractivity contribution in [1.29, 1.82) is 0 Å². The molecule has 1 N–H and O–H groups in total. The molecular formula is C15H16ClNO2. The third-order valence-electron chi connectivity index (χ3n) is 4.92. The minimum atomic E-state index is -0.0427. The van der Waals surface area contributed by atoms with Crippen LogP contribution in [-0.2, 0) is 4.79 Å². The van der Waals surface area contributed by atoms with Crippen LogP contribution in [0.25, 0.3) is 0 Å². The molecule has 0 radical (unpaired) electrons. The number of hydrogen-bond acceptors (Lipinski definition) is 2. The van der Waals surface area contributed by atoms with Crippen LogP contribution < -0.4 is 10.1 Å². The van der Waals surface area contributed by atoms with Gasteiger partial charge in [0.05, 0.1) is 6.04 Å². The van der Waals surface area contributed by atoms with E-state index in [0.717, 1.165) is 17.7 Å². The summed E-state index contributed by atoms with van der Waals surface area (Å²) >= 11 is 6.01. The summed E-state index contributed by atoms with van der Waals surface area (Å²) in [5, 5.41) is 3.81. The lowest BCUT2D eigenvalue weighted by molar-refractivity contribution is -0.124. The zero-order valence-electron chi connectivity index (χ0n) is 10.6. The van der Waals surface area contributed by atoms with Crippen molar-refractivity contribution >= 4 is 17.5 Å². The maximum absolute atomic E-state index is 12.3. The second-order valence-corrected chi connectivity index (χ2v) is 6.46. The fourth-order valence-electron chi connectivity index (χ4n) is 3.48. The van der Waals surface area contributed by atoms with E-state index in [1.165, 1.54) is 19.3 Å². The van der Waals surface area contributed by atoms with Gasteiger partial charge in [-0.25, -0.2) is 0 Å². The summed E-state index contributed by atoms with van der Waals surface area (Å²) in [5.74, 6) is 1.27. The van der Waals surface area contributed by atoms with Crippen LogP contribution in [-0.4, -0.2) is 12.5 Å². The number of ether oxygens (including phenoxy) is 1. The van der Waals surface area contributed by atoms with Crippen molar-refractivity contribution in [3.8, 4) is 5.75 Å². The number of rotatable bonds is 2. The van der Waals surface area contributed by atoms with Crippen molar-refractivity contribution < 1.29 is 9.53 Å². The average molecular weight is 278 g/mol. The molecule has 1 aromatic carbocycles. The molecule has 3 aliphatic rings. The van der Waals surface area contributed by atoms with E-state index in [4.69, 9.17) is 16.3 Å². The Labute approximate surface area is 117 Å². The van der Waals surface area contributed by atoms with Crippen LogP contribution in [0.3, 0.4) is 0 Å². The molecule has 1 amide bonds. The minimum absolute atomic E-state index is 0.0427. The first-order valence-corrected chi connectivity index (χ1v) is 7.28. The van der Waals surface area contributed by atoms with Gasteiger partial charge in [0.15, 0.2) is 0 Å². The van der Waals surface area contributed by atoms with Gasteiger partial charge in [-0.1, -0.05) is 18.0 Å². The Hall–Kier alpha value is -1.22. The highest BCUT2D eigenvalue weighted by Gasteiger charge is 2.61. The number of carbonyl (C=O) groups is 1. The van der Waals surface area contributed by atoms with E-state index in [9.17, 15) is 4.79 Å². The zero-order chi connectivity index (χ0) is 13.0. The van der Waals surface area contributed by atoms with Crippen LogP contribution >= 0.6 is 11.6 Å². The quantitative estimate of drug-likeness (QED) is 0.902. The Morgan fingerprint density at radius 3 is 2.95 bits per heavy atom. The standard InChI is InChI=1S/C15H16ClNO2/c16-9-2-3-13-10(6-9)12(8-19-13)17-14(18)11-7-15(11)4-1-5-15/h2-3,6,11-12H,1,4-5,7-8H2,(H,17,18). The fraction of sp³-hybridized carbons (Fsp3) is 0.533. The lowest BCUT2D eigenvalue weighted by Gasteiger charge is -2.26. The van der Waals surface area contributed by atoms with Crippen LogP contribution in [0, 0.1) is 11.3 Å². The SMILES string of the molecule is O=C(NC1COc2ccc(Cl)cc21)C1CC12CCC2. The molecule has 1 aromatic rings. The number of fused-ring (bicyclic) bond motifs is 1. The third kappa shape index (κ3) is 1.75. The largest absolute Gasteiger partial charge is 0.491 e. The Morgan fingerprint density at radius 2 is 2.26 bits per heavy atom. The summed E-state index contributed by atoms with van der Waals surface area (Å²) in [4.78, 5) is 12.3. The molecule has 1 heterocycles. The normalized spacial score (nSPS) is 29.3. The summed E-state index contributed by atoms with van der Waals surface area (Å²) in [5.41, 5.74) is 1.38. The van der Waals surface area contributed by atoms with E-state index in [1.807, 2.05) is 18.2 Å². The van der Waals surface area contributed by atoms with Crippen LogP contribution in [0.2, 0.25) is 5.02 Å². The van der Waals surface area contributed by atoms with Gasteiger partial charge >= 0.3 is 0 Å². The number of benzene rings is 1. The lowest BCUT2D eigenvalue weighted by Crippen LogP contribution is -2.33. The maximum Gasteiger partial charge on any atom is 0.224 e. The predicted molar refractivity (Wildman–Crippen MR) is 72.2 cm³/mol. The van der Waals surface area contributed by atoms with E-state index in [2.05, 4.69) is 5.32 Å². The first-order valence-electron chi connectivity index (χ1n) is 6.91. The highest BCUT2D eigenvalue weighted by molar-refractivity contribution is 6.30. The van der Waals surface area contributed by atoms with Gasteiger partial charge in [0, 0.05) is 16.5 Å². The summed E-state index contributed by atoms with van der Waals surface area (Å²) in [7, 11) is 0. The van der Waals surface area contributed by atoms with Crippen molar-refractivity contribution in [3.63, 3.8) is 0 Å². The molecule has 4 heteroatoms. The van der Waals surface area contributed by atoms with Gasteiger partial charge in [0.25, 0.3) is 0 Å². The molecule has 0 aromatic heterocycles. The topological polar surface area (TPSA) is 38.3 Å². The molecule has 0 bridgehead atoms. The molecule has 19 heavy (non-hydrogen) atoms. The minimum Gasteiger partial charge on any atom is -0.491 e. The molecule has 2 aliphatic carbocycles. The monoisotopic (exact) mass is 277 g/mol. The van der Waals surface area contributed by atoms with Gasteiger partial charge in [-0.3, -0.25) is 4.79 Å². The van der Waals surface area contributed by atoms with Crippen LogP contribution in [0.15, 0.2) is 18.2 Å². The van der Waals surface area contributed by atoms with Gasteiger partial charge in [0.1, 0.15) is 12.4 Å². The van der Waals surface area contributed by atoms with Gasteiger partial charge < -0.3 is 10.1 Å². The molecule has 1 aliphatic heterocycles. The van der Waals surface area contributed by atoms with Gasteiger partial charge in [0.2, 0.25) is 5.91 Å². The third-order valence-corrected chi connectivity index (χ3v) is 5.16. The van der Waals surface area contributed by atoms with E-state index in [-0.39, 0.29) is 17.9 Å². The van der Waals surface area contributed by atoms with E-state index >= 15 is 0 Å². The number of hydrogen-bond donors (Lipinski definition) is 1. The molecular weight excluding hydrogens is 262 g/mol. The Bertz CT molecular complexity index is 553. The van der Waals surface area contributed by atoms with Gasteiger partial charge in [-0.15, -0.1) is 0 Å². The van der Waals surface area contributed by atoms with Crippen molar-refractivity contribution in [1.82, 2.24) is 5.32 Å². The van der Waals surface area contributed by atoms with Crippen molar-refractivity contribution in [2.75, 3.05) is 6.61 Å². The molecule has 2 unspecified atom stereocenters. The molecule has 2 fully saturated rings. The van der Waals surface area contributed by atoms with Gasteiger partial charge in [-0.05, 0) is 42.9 Å². The van der Waals surface area contributed by atoms with E-state index in [1.54, 1.807) is 0 Å². The number of halogens is 1. The maximum atomic E-state index is 12.3. The van der Waals surface area contributed by atoms with Crippen molar-refractivity contribution in [3.05, 3.63) is 28.8 Å². The second kappa shape index (κ2) is 3.89. The van der Waals surface area contributed by atoms with E-state index < -0.39 is 0 Å².